The van der Waals surface area contributed by atoms with E-state index in [4.69, 9.17) is 4.74 Å². The minimum absolute atomic E-state index is 0.134. The van der Waals surface area contributed by atoms with Gasteiger partial charge in [0.15, 0.2) is 0 Å². The van der Waals surface area contributed by atoms with Gasteiger partial charge in [0.25, 0.3) is 10.0 Å². The van der Waals surface area contributed by atoms with Crippen molar-refractivity contribution in [2.24, 2.45) is 5.10 Å². The smallest absolute Gasteiger partial charge is 0.344 e. The van der Waals surface area contributed by atoms with Gasteiger partial charge in [0.1, 0.15) is 5.75 Å². The summed E-state index contributed by atoms with van der Waals surface area (Å²) in [5.41, 5.74) is 2.02. The molecule has 0 atom stereocenters. The summed E-state index contributed by atoms with van der Waals surface area (Å²) in [4.78, 5) is 14.5. The van der Waals surface area contributed by atoms with Crippen molar-refractivity contribution in [1.82, 2.24) is 4.83 Å². The Morgan fingerprint density at radius 1 is 1.00 bits per heavy atom. The fraction of sp³-hybridized carbons (Fsp3) is 0.0476. The average Bonchev–Trinajstić information content (AvgIpc) is 2.70. The molecule has 0 aliphatic heterocycles. The number of benzene rings is 3. The molecule has 8 heteroatoms. The second kappa shape index (κ2) is 9.02. The van der Waals surface area contributed by atoms with Crippen LogP contribution >= 0.6 is 15.9 Å². The Labute approximate surface area is 177 Å². The summed E-state index contributed by atoms with van der Waals surface area (Å²) in [6.45, 7) is 1.88. The number of aryl methyl sites for hydroxylation is 1. The van der Waals surface area contributed by atoms with Crippen molar-refractivity contribution in [3.8, 4) is 5.75 Å². The molecule has 148 valence electrons. The second-order valence-electron chi connectivity index (χ2n) is 6.10. The molecule has 3 aromatic carbocycles. The molecule has 0 aliphatic rings. The van der Waals surface area contributed by atoms with Gasteiger partial charge in [-0.3, -0.25) is 0 Å². The van der Waals surface area contributed by atoms with Crippen molar-refractivity contribution >= 4 is 38.1 Å². The Kier molecular flexibility index (Phi) is 6.46. The van der Waals surface area contributed by atoms with E-state index >= 15 is 0 Å². The van der Waals surface area contributed by atoms with Gasteiger partial charge in [0.2, 0.25) is 0 Å². The van der Waals surface area contributed by atoms with Crippen LogP contribution in [0.1, 0.15) is 21.5 Å². The van der Waals surface area contributed by atoms with E-state index in [-0.39, 0.29) is 4.90 Å². The molecule has 0 saturated carbocycles. The van der Waals surface area contributed by atoms with Crippen LogP contribution in [0.5, 0.6) is 5.75 Å². The molecule has 0 bridgehead atoms. The molecule has 6 nitrogen and oxygen atoms in total. The Morgan fingerprint density at radius 3 is 2.31 bits per heavy atom. The number of hydrazone groups is 1. The number of sulfonamides is 1. The van der Waals surface area contributed by atoms with Gasteiger partial charge >= 0.3 is 5.97 Å². The van der Waals surface area contributed by atoms with Crippen LogP contribution in [0.2, 0.25) is 0 Å². The summed E-state index contributed by atoms with van der Waals surface area (Å²) in [7, 11) is -3.73. The molecule has 0 fully saturated rings. The number of ether oxygens (including phenoxy) is 1. The molecule has 0 unspecified atom stereocenters. The zero-order valence-corrected chi connectivity index (χ0v) is 17.8. The van der Waals surface area contributed by atoms with Gasteiger partial charge in [-0.05, 0) is 76.9 Å². The highest BCUT2D eigenvalue weighted by Crippen LogP contribution is 2.19. The van der Waals surface area contributed by atoms with Crippen LogP contribution in [-0.4, -0.2) is 20.6 Å². The number of hydrogen-bond acceptors (Lipinski definition) is 5. The fourth-order valence-corrected chi connectivity index (χ4v) is 3.59. The number of rotatable bonds is 6. The summed E-state index contributed by atoms with van der Waals surface area (Å²) >= 11 is 3.31. The third-order valence-electron chi connectivity index (χ3n) is 3.90. The van der Waals surface area contributed by atoms with Crippen molar-refractivity contribution in [1.29, 1.82) is 0 Å². The van der Waals surface area contributed by atoms with Crippen LogP contribution < -0.4 is 9.57 Å². The van der Waals surface area contributed by atoms with Crippen LogP contribution in [0.4, 0.5) is 0 Å². The Hall–Kier alpha value is -2.97. The number of nitrogens with one attached hydrogen (secondary N) is 1. The highest BCUT2D eigenvalue weighted by molar-refractivity contribution is 9.10. The standard InChI is InChI=1S/C21H17BrN2O4S/c1-15-6-12-18(13-7-15)29(26,27)24-23-14-16-8-10-17(11-9-16)28-21(25)19-4-2-3-5-20(19)22/h2-14,24H,1H3/b23-14+. The molecule has 0 aromatic heterocycles. The maximum Gasteiger partial charge on any atom is 0.344 e. The monoisotopic (exact) mass is 472 g/mol. The molecule has 0 heterocycles. The first-order chi connectivity index (χ1) is 13.8. The predicted octanol–water partition coefficient (Wildman–Crippen LogP) is 4.29. The summed E-state index contributed by atoms with van der Waals surface area (Å²) in [6, 6.07) is 20.0. The van der Waals surface area contributed by atoms with Crippen LogP contribution in [0.15, 0.2) is 87.3 Å². The molecule has 0 amide bonds. The minimum Gasteiger partial charge on any atom is -0.423 e. The van der Waals surface area contributed by atoms with Crippen LogP contribution in [0.25, 0.3) is 0 Å². The Bertz CT molecular complexity index is 1140. The summed E-state index contributed by atoms with van der Waals surface area (Å²) in [6.07, 6.45) is 1.37. The van der Waals surface area contributed by atoms with E-state index in [0.717, 1.165) is 5.56 Å². The first-order valence-corrected chi connectivity index (χ1v) is 10.8. The van der Waals surface area contributed by atoms with Gasteiger partial charge in [0, 0.05) is 4.47 Å². The molecular weight excluding hydrogens is 456 g/mol. The van der Waals surface area contributed by atoms with Gasteiger partial charge < -0.3 is 4.74 Å². The van der Waals surface area contributed by atoms with E-state index < -0.39 is 16.0 Å². The quantitative estimate of drug-likeness (QED) is 0.251. The summed E-state index contributed by atoms with van der Waals surface area (Å²) in [5, 5.41) is 3.78. The number of hydrogen-bond donors (Lipinski definition) is 1. The average molecular weight is 473 g/mol. The maximum absolute atomic E-state index is 12.2. The van der Waals surface area contributed by atoms with E-state index in [1.54, 1.807) is 54.6 Å². The summed E-state index contributed by atoms with van der Waals surface area (Å²) < 4.78 is 30.4. The second-order valence-corrected chi connectivity index (χ2v) is 8.62. The predicted molar refractivity (Wildman–Crippen MR) is 115 cm³/mol. The Morgan fingerprint density at radius 2 is 1.66 bits per heavy atom. The molecule has 0 spiro atoms. The van der Waals surface area contributed by atoms with Gasteiger partial charge in [0.05, 0.1) is 16.7 Å². The normalized spacial score (nSPS) is 11.4. The topological polar surface area (TPSA) is 84.8 Å². The van der Waals surface area contributed by atoms with Gasteiger partial charge in [-0.2, -0.15) is 13.5 Å². The van der Waals surface area contributed by atoms with Crippen molar-refractivity contribution in [3.05, 3.63) is 94.0 Å². The highest BCUT2D eigenvalue weighted by Gasteiger charge is 2.13. The van der Waals surface area contributed by atoms with Crippen molar-refractivity contribution in [2.45, 2.75) is 11.8 Å². The van der Waals surface area contributed by atoms with Crippen molar-refractivity contribution in [3.63, 3.8) is 0 Å². The first kappa shape index (κ1) is 20.8. The molecule has 1 N–H and O–H groups in total. The lowest BCUT2D eigenvalue weighted by atomic mass is 10.2. The number of halogens is 1. The summed E-state index contributed by atoms with van der Waals surface area (Å²) in [5.74, 6) is -0.118. The van der Waals surface area contributed by atoms with E-state index in [2.05, 4.69) is 25.9 Å². The van der Waals surface area contributed by atoms with E-state index in [1.807, 2.05) is 13.0 Å². The molecule has 3 rings (SSSR count). The third-order valence-corrected chi connectivity index (χ3v) is 5.83. The first-order valence-electron chi connectivity index (χ1n) is 8.53. The number of carbonyl (C=O) groups is 1. The van der Waals surface area contributed by atoms with E-state index in [1.165, 1.54) is 18.3 Å². The largest absolute Gasteiger partial charge is 0.423 e. The zero-order chi connectivity index (χ0) is 20.9. The molecule has 0 aliphatic carbocycles. The SMILES string of the molecule is Cc1ccc(S(=O)(=O)N/N=C/c2ccc(OC(=O)c3ccccc3Br)cc2)cc1. The van der Waals surface area contributed by atoms with Gasteiger partial charge in [-0.1, -0.05) is 29.8 Å². The van der Waals surface area contributed by atoms with Gasteiger partial charge in [-0.15, -0.1) is 0 Å². The number of carbonyl (C=O) groups excluding carboxylic acids is 1. The zero-order valence-electron chi connectivity index (χ0n) is 15.4. The minimum atomic E-state index is -3.73. The highest BCUT2D eigenvalue weighted by atomic mass is 79.9. The van der Waals surface area contributed by atoms with E-state index in [0.29, 0.717) is 21.3 Å². The van der Waals surface area contributed by atoms with E-state index in [9.17, 15) is 13.2 Å². The van der Waals surface area contributed by atoms with Crippen molar-refractivity contribution in [2.75, 3.05) is 0 Å². The Balaban J connectivity index is 1.62. The molecule has 0 radical (unpaired) electrons. The lowest BCUT2D eigenvalue weighted by Gasteiger charge is -2.06. The lowest BCUT2D eigenvalue weighted by molar-refractivity contribution is 0.0734. The molecule has 29 heavy (non-hydrogen) atoms. The van der Waals surface area contributed by atoms with Gasteiger partial charge in [-0.25, -0.2) is 9.63 Å². The maximum atomic E-state index is 12.2. The van der Waals surface area contributed by atoms with Crippen LogP contribution in [0, 0.1) is 6.92 Å². The lowest BCUT2D eigenvalue weighted by Crippen LogP contribution is -2.18. The number of esters is 1. The van der Waals surface area contributed by atoms with Crippen molar-refractivity contribution < 1.29 is 17.9 Å². The number of nitrogens with zero attached hydrogens (tertiary/aromatic N) is 1. The molecule has 3 aromatic rings. The van der Waals surface area contributed by atoms with Crippen LogP contribution in [-0.2, 0) is 10.0 Å². The van der Waals surface area contributed by atoms with Crippen LogP contribution in [0.3, 0.4) is 0 Å². The third kappa shape index (κ3) is 5.52. The molecular formula is C21H17BrN2O4S. The molecule has 0 saturated heterocycles. The fourth-order valence-electron chi connectivity index (χ4n) is 2.35.